The molecule has 4 amide bonds. The third kappa shape index (κ3) is 8.72. The molecule has 1 saturated heterocycles. The zero-order valence-corrected chi connectivity index (χ0v) is 32.3. The van der Waals surface area contributed by atoms with Crippen molar-refractivity contribution in [2.45, 2.75) is 108 Å². The average Bonchev–Trinajstić information content (AvgIpc) is 4.07. The molecule has 0 radical (unpaired) electrons. The zero-order valence-electron chi connectivity index (χ0n) is 31.5. The molecule has 1 aromatic heterocycles. The number of rotatable bonds is 13. The highest BCUT2D eigenvalue weighted by atomic mass is 32.2. The molecule has 290 valence electrons. The number of aromatic nitrogens is 1. The van der Waals surface area contributed by atoms with Gasteiger partial charge in [0.2, 0.25) is 21.8 Å². The van der Waals surface area contributed by atoms with E-state index in [4.69, 9.17) is 19.2 Å². The van der Waals surface area contributed by atoms with Gasteiger partial charge in [-0.1, -0.05) is 50.6 Å². The molecule has 15 heteroatoms. The molecule has 3 aliphatic rings. The SMILES string of the molecule is CCC(C)C(NC(=O)OC(C)(C)C)C(=O)N1CC(Oc2cc(-c3ccccc3)nc3cc(OC)ccc23)CC1C(=O)NC1(C(=O)NS(=O)(=O)C2CC2)CC1. The lowest BCUT2D eigenvalue weighted by Crippen LogP contribution is -2.58. The molecule has 3 aromatic rings. The first-order chi connectivity index (χ1) is 25.5. The Labute approximate surface area is 315 Å². The second-order valence-corrected chi connectivity index (χ2v) is 17.5. The van der Waals surface area contributed by atoms with Crippen molar-refractivity contribution in [3.05, 3.63) is 54.6 Å². The molecule has 3 N–H and O–H groups in total. The highest BCUT2D eigenvalue weighted by Gasteiger charge is 2.55. The quantitative estimate of drug-likeness (QED) is 0.225. The summed E-state index contributed by atoms with van der Waals surface area (Å²) >= 11 is 0. The molecule has 1 aliphatic heterocycles. The van der Waals surface area contributed by atoms with Gasteiger partial charge in [-0.05, 0) is 64.5 Å². The fraction of sp³-hybridized carbons (Fsp3) is 0.513. The normalized spacial score (nSPS) is 20.4. The Kier molecular flexibility index (Phi) is 10.8. The molecule has 2 heterocycles. The third-order valence-electron chi connectivity index (χ3n) is 10.1. The number of carbonyl (C=O) groups is 4. The topological polar surface area (TPSA) is 182 Å². The summed E-state index contributed by atoms with van der Waals surface area (Å²) in [6.45, 7) is 8.85. The van der Waals surface area contributed by atoms with E-state index < -0.39 is 68.4 Å². The second-order valence-electron chi connectivity index (χ2n) is 15.5. The number of nitrogens with one attached hydrogen (secondary N) is 3. The number of alkyl carbamates (subject to hydrolysis) is 1. The molecule has 3 fully saturated rings. The summed E-state index contributed by atoms with van der Waals surface area (Å²) in [5.74, 6) is -1.18. The summed E-state index contributed by atoms with van der Waals surface area (Å²) in [7, 11) is -2.28. The van der Waals surface area contributed by atoms with E-state index in [1.807, 2.05) is 56.3 Å². The maximum Gasteiger partial charge on any atom is 0.408 e. The predicted octanol–water partition coefficient (Wildman–Crippen LogP) is 4.46. The van der Waals surface area contributed by atoms with Crippen LogP contribution in [0.4, 0.5) is 4.79 Å². The van der Waals surface area contributed by atoms with Gasteiger partial charge in [-0.3, -0.25) is 19.1 Å². The van der Waals surface area contributed by atoms with Gasteiger partial charge in [-0.15, -0.1) is 0 Å². The minimum atomic E-state index is -3.85. The number of benzene rings is 2. The molecular formula is C39H49N5O9S. The summed E-state index contributed by atoms with van der Waals surface area (Å²) in [5, 5.41) is 5.59. The van der Waals surface area contributed by atoms with Gasteiger partial charge in [0.25, 0.3) is 5.91 Å². The Morgan fingerprint density at radius 2 is 1.74 bits per heavy atom. The van der Waals surface area contributed by atoms with E-state index in [0.29, 0.717) is 47.4 Å². The molecule has 4 atom stereocenters. The van der Waals surface area contributed by atoms with Crippen molar-refractivity contribution in [3.63, 3.8) is 0 Å². The first-order valence-electron chi connectivity index (χ1n) is 18.4. The highest BCUT2D eigenvalue weighted by Crippen LogP contribution is 2.39. The number of hydrogen-bond donors (Lipinski definition) is 3. The van der Waals surface area contributed by atoms with Crippen molar-refractivity contribution < 1.29 is 41.8 Å². The molecule has 4 unspecified atom stereocenters. The number of amides is 4. The molecule has 54 heavy (non-hydrogen) atoms. The van der Waals surface area contributed by atoms with Gasteiger partial charge in [0, 0.05) is 29.5 Å². The maximum absolute atomic E-state index is 14.5. The predicted molar refractivity (Wildman–Crippen MR) is 201 cm³/mol. The Morgan fingerprint density at radius 1 is 1.04 bits per heavy atom. The Balaban J connectivity index is 1.31. The fourth-order valence-corrected chi connectivity index (χ4v) is 7.93. The number of methoxy groups -OCH3 is 1. The summed E-state index contributed by atoms with van der Waals surface area (Å²) in [4.78, 5) is 61.2. The minimum Gasteiger partial charge on any atom is -0.497 e. The first-order valence-corrected chi connectivity index (χ1v) is 20.0. The smallest absolute Gasteiger partial charge is 0.408 e. The van der Waals surface area contributed by atoms with Crippen LogP contribution in [0.3, 0.4) is 0 Å². The minimum absolute atomic E-state index is 0.0181. The van der Waals surface area contributed by atoms with Gasteiger partial charge in [0.05, 0.1) is 30.1 Å². The van der Waals surface area contributed by atoms with Crippen LogP contribution in [0.5, 0.6) is 11.5 Å². The second kappa shape index (κ2) is 15.1. The molecule has 0 spiro atoms. The maximum atomic E-state index is 14.5. The summed E-state index contributed by atoms with van der Waals surface area (Å²) in [6.07, 6.45) is 0.562. The lowest BCUT2D eigenvalue weighted by Gasteiger charge is -2.32. The highest BCUT2D eigenvalue weighted by molar-refractivity contribution is 7.91. The number of nitrogens with zero attached hydrogens (tertiary/aromatic N) is 2. The monoisotopic (exact) mass is 763 g/mol. The summed E-state index contributed by atoms with van der Waals surface area (Å²) in [6, 6.07) is 14.7. The van der Waals surface area contributed by atoms with Gasteiger partial charge in [-0.2, -0.15) is 0 Å². The molecular weight excluding hydrogens is 715 g/mol. The molecule has 6 rings (SSSR count). The Hall–Kier alpha value is -4.92. The number of pyridine rings is 1. The number of likely N-dealkylation sites (tertiary alicyclic amines) is 1. The van der Waals surface area contributed by atoms with Crippen molar-refractivity contribution in [1.29, 1.82) is 0 Å². The van der Waals surface area contributed by atoms with Crippen LogP contribution < -0.4 is 24.8 Å². The van der Waals surface area contributed by atoms with Crippen molar-refractivity contribution in [1.82, 2.24) is 25.2 Å². The van der Waals surface area contributed by atoms with Crippen LogP contribution in [0.15, 0.2) is 54.6 Å². The Morgan fingerprint density at radius 3 is 2.35 bits per heavy atom. The molecule has 2 aromatic carbocycles. The molecule has 2 aliphatic carbocycles. The van der Waals surface area contributed by atoms with Crippen LogP contribution in [-0.4, -0.2) is 90.3 Å². The van der Waals surface area contributed by atoms with Crippen LogP contribution >= 0.6 is 0 Å². The third-order valence-corrected chi connectivity index (χ3v) is 11.9. The van der Waals surface area contributed by atoms with Crippen molar-refractivity contribution in [2.24, 2.45) is 5.92 Å². The number of ether oxygens (including phenoxy) is 3. The molecule has 2 saturated carbocycles. The van der Waals surface area contributed by atoms with Gasteiger partial charge in [0.15, 0.2) is 0 Å². The van der Waals surface area contributed by atoms with Crippen LogP contribution in [-0.2, 0) is 29.1 Å². The van der Waals surface area contributed by atoms with Gasteiger partial charge >= 0.3 is 6.09 Å². The van der Waals surface area contributed by atoms with Crippen LogP contribution in [0.1, 0.15) is 73.1 Å². The van der Waals surface area contributed by atoms with E-state index >= 15 is 0 Å². The van der Waals surface area contributed by atoms with Gasteiger partial charge < -0.3 is 29.7 Å². The largest absolute Gasteiger partial charge is 0.497 e. The van der Waals surface area contributed by atoms with Crippen LogP contribution in [0, 0.1) is 5.92 Å². The van der Waals surface area contributed by atoms with Crippen LogP contribution in [0.25, 0.3) is 22.2 Å². The number of carbonyl (C=O) groups excluding carboxylic acids is 4. The number of sulfonamides is 1. The van der Waals surface area contributed by atoms with E-state index in [2.05, 4.69) is 15.4 Å². The van der Waals surface area contributed by atoms with E-state index in [-0.39, 0.29) is 31.7 Å². The van der Waals surface area contributed by atoms with Crippen molar-refractivity contribution in [2.75, 3.05) is 13.7 Å². The van der Waals surface area contributed by atoms with E-state index in [9.17, 15) is 27.6 Å². The summed E-state index contributed by atoms with van der Waals surface area (Å²) < 4.78 is 44.9. The standard InChI is InChI=1S/C39H49N5O9S/c1-7-23(2)33(41-37(48)53-38(3,4)5)35(46)44-22-26(20-31(44)34(45)42-39(17-18-39)36(47)43-54(49,50)27-14-15-27)52-32-21-29(24-11-9-8-10-12-24)40-30-19-25(51-6)13-16-28(30)32/h8-13,16,19,21,23,26-27,31,33H,7,14-15,17-18,20,22H2,1-6H3,(H,41,48)(H,42,45)(H,43,47). The van der Waals surface area contributed by atoms with E-state index in [1.54, 1.807) is 40.0 Å². The number of fused-ring (bicyclic) bond motifs is 1. The van der Waals surface area contributed by atoms with Gasteiger partial charge in [0.1, 0.15) is 40.8 Å². The zero-order chi connectivity index (χ0) is 39.0. The average molecular weight is 764 g/mol. The van der Waals surface area contributed by atoms with E-state index in [0.717, 1.165) is 5.56 Å². The number of hydrogen-bond acceptors (Lipinski definition) is 10. The van der Waals surface area contributed by atoms with Crippen LogP contribution in [0.2, 0.25) is 0 Å². The van der Waals surface area contributed by atoms with Crippen molar-refractivity contribution >= 4 is 44.7 Å². The van der Waals surface area contributed by atoms with E-state index in [1.165, 1.54) is 4.90 Å². The fourth-order valence-electron chi connectivity index (χ4n) is 6.55. The summed E-state index contributed by atoms with van der Waals surface area (Å²) in [5.41, 5.74) is -0.110. The molecule has 0 bridgehead atoms. The lowest BCUT2D eigenvalue weighted by atomic mass is 9.97. The first kappa shape index (κ1) is 38.8. The van der Waals surface area contributed by atoms with Gasteiger partial charge in [-0.25, -0.2) is 18.2 Å². The lowest BCUT2D eigenvalue weighted by molar-refractivity contribution is -0.142. The van der Waals surface area contributed by atoms with Crippen molar-refractivity contribution in [3.8, 4) is 22.8 Å². The molecule has 14 nitrogen and oxygen atoms in total. The Bertz CT molecular complexity index is 2030.